The molecule has 0 aliphatic heterocycles. The Hall–Kier alpha value is -0.830. The first-order chi connectivity index (χ1) is 7.61. The summed E-state index contributed by atoms with van der Waals surface area (Å²) < 4.78 is 1.99. The highest BCUT2D eigenvalue weighted by molar-refractivity contribution is 5.04. The van der Waals surface area contributed by atoms with Crippen LogP contribution in [-0.4, -0.2) is 22.4 Å². The highest BCUT2D eigenvalue weighted by atomic mass is 15.3. The summed E-state index contributed by atoms with van der Waals surface area (Å²) in [6.07, 6.45) is 6.53. The molecule has 3 nitrogen and oxygen atoms in total. The second-order valence-electron chi connectivity index (χ2n) is 4.91. The van der Waals surface area contributed by atoms with Crippen molar-refractivity contribution in [1.29, 1.82) is 0 Å². The molecule has 0 amide bonds. The summed E-state index contributed by atoms with van der Waals surface area (Å²) in [6, 6.07) is 0.593. The van der Waals surface area contributed by atoms with E-state index in [-0.39, 0.29) is 0 Å². The highest BCUT2D eigenvalue weighted by Crippen LogP contribution is 2.10. The third-order valence-corrected chi connectivity index (χ3v) is 2.78. The van der Waals surface area contributed by atoms with Crippen molar-refractivity contribution >= 4 is 0 Å². The first-order valence-corrected chi connectivity index (χ1v) is 6.36. The monoisotopic (exact) mass is 223 g/mol. The number of nitrogens with one attached hydrogen (secondary N) is 1. The highest BCUT2D eigenvalue weighted by Gasteiger charge is 2.05. The molecule has 16 heavy (non-hydrogen) atoms. The maximum Gasteiger partial charge on any atom is 0.0521 e. The molecule has 92 valence electrons. The standard InChI is InChI=1S/C13H25N3/c1-5-16-10-13(9-15-16)8-12(4)6-7-14-11(2)3/h9-12,14H,5-8H2,1-4H3. The van der Waals surface area contributed by atoms with E-state index in [4.69, 9.17) is 0 Å². The van der Waals surface area contributed by atoms with E-state index in [0.717, 1.165) is 25.4 Å². The quantitative estimate of drug-likeness (QED) is 0.769. The lowest BCUT2D eigenvalue weighted by atomic mass is 10.0. The Balaban J connectivity index is 2.25. The second-order valence-corrected chi connectivity index (χ2v) is 4.91. The van der Waals surface area contributed by atoms with Crippen LogP contribution in [0.3, 0.4) is 0 Å². The number of hydrogen-bond acceptors (Lipinski definition) is 2. The molecule has 0 aliphatic rings. The average Bonchev–Trinajstić information content (AvgIpc) is 2.65. The molecule has 1 aromatic heterocycles. The number of aromatic nitrogens is 2. The van der Waals surface area contributed by atoms with Crippen LogP contribution in [-0.2, 0) is 13.0 Å². The van der Waals surface area contributed by atoms with Crippen LogP contribution in [0.5, 0.6) is 0 Å². The topological polar surface area (TPSA) is 29.9 Å². The van der Waals surface area contributed by atoms with E-state index in [9.17, 15) is 0 Å². The maximum absolute atomic E-state index is 4.30. The van der Waals surface area contributed by atoms with Gasteiger partial charge >= 0.3 is 0 Å². The molecule has 0 aliphatic carbocycles. The van der Waals surface area contributed by atoms with E-state index in [1.807, 2.05) is 10.9 Å². The number of hydrogen-bond donors (Lipinski definition) is 1. The lowest BCUT2D eigenvalue weighted by molar-refractivity contribution is 0.476. The molecule has 0 bridgehead atoms. The zero-order valence-corrected chi connectivity index (χ0v) is 11.0. The van der Waals surface area contributed by atoms with Crippen LogP contribution in [0.1, 0.15) is 39.7 Å². The molecule has 3 heteroatoms. The van der Waals surface area contributed by atoms with Crippen molar-refractivity contribution in [1.82, 2.24) is 15.1 Å². The summed E-state index contributed by atoms with van der Waals surface area (Å²) in [5.41, 5.74) is 1.36. The fourth-order valence-electron chi connectivity index (χ4n) is 1.81. The van der Waals surface area contributed by atoms with Crippen molar-refractivity contribution in [3.05, 3.63) is 18.0 Å². The van der Waals surface area contributed by atoms with Crippen molar-refractivity contribution in [3.8, 4) is 0 Å². The van der Waals surface area contributed by atoms with E-state index in [0.29, 0.717) is 6.04 Å². The summed E-state index contributed by atoms with van der Waals surface area (Å²) in [6.45, 7) is 10.9. The van der Waals surface area contributed by atoms with Gasteiger partial charge in [-0.15, -0.1) is 0 Å². The SMILES string of the molecule is CCn1cc(CC(C)CCNC(C)C)cn1. The van der Waals surface area contributed by atoms with Gasteiger partial charge in [-0.05, 0) is 37.8 Å². The normalized spacial score (nSPS) is 13.3. The second kappa shape index (κ2) is 6.69. The van der Waals surface area contributed by atoms with Gasteiger partial charge in [0.15, 0.2) is 0 Å². The predicted octanol–water partition coefficient (Wildman–Crippen LogP) is 2.47. The van der Waals surface area contributed by atoms with E-state index in [1.165, 1.54) is 12.0 Å². The van der Waals surface area contributed by atoms with Crippen LogP contribution in [0.15, 0.2) is 12.4 Å². The van der Waals surface area contributed by atoms with Gasteiger partial charge in [0.1, 0.15) is 0 Å². The Morgan fingerprint density at radius 1 is 1.38 bits per heavy atom. The van der Waals surface area contributed by atoms with Crippen molar-refractivity contribution in [2.24, 2.45) is 5.92 Å². The number of aryl methyl sites for hydroxylation is 1. The van der Waals surface area contributed by atoms with Crippen molar-refractivity contribution in [2.45, 2.75) is 53.1 Å². The predicted molar refractivity (Wildman–Crippen MR) is 68.5 cm³/mol. The van der Waals surface area contributed by atoms with Gasteiger partial charge in [-0.2, -0.15) is 5.10 Å². The molecule has 1 N–H and O–H groups in total. The van der Waals surface area contributed by atoms with Crippen LogP contribution >= 0.6 is 0 Å². The number of rotatable bonds is 7. The van der Waals surface area contributed by atoms with Gasteiger partial charge in [0, 0.05) is 18.8 Å². The molecular weight excluding hydrogens is 198 g/mol. The van der Waals surface area contributed by atoms with Gasteiger partial charge < -0.3 is 5.32 Å². The van der Waals surface area contributed by atoms with Gasteiger partial charge in [0.2, 0.25) is 0 Å². The van der Waals surface area contributed by atoms with Crippen molar-refractivity contribution < 1.29 is 0 Å². The first-order valence-electron chi connectivity index (χ1n) is 6.36. The average molecular weight is 223 g/mol. The van der Waals surface area contributed by atoms with Gasteiger partial charge in [-0.25, -0.2) is 0 Å². The molecule has 0 radical (unpaired) electrons. The van der Waals surface area contributed by atoms with Gasteiger partial charge in [0.05, 0.1) is 6.20 Å². The van der Waals surface area contributed by atoms with Gasteiger partial charge in [0.25, 0.3) is 0 Å². The fraction of sp³-hybridized carbons (Fsp3) is 0.769. The van der Waals surface area contributed by atoms with E-state index >= 15 is 0 Å². The van der Waals surface area contributed by atoms with E-state index in [1.54, 1.807) is 0 Å². The third kappa shape index (κ3) is 4.79. The summed E-state index contributed by atoms with van der Waals surface area (Å²) in [5.74, 6) is 0.723. The largest absolute Gasteiger partial charge is 0.315 e. The molecule has 0 saturated heterocycles. The van der Waals surface area contributed by atoms with Crippen LogP contribution < -0.4 is 5.32 Å². The Labute approximate surface area is 99.2 Å². The summed E-state index contributed by atoms with van der Waals surface area (Å²) in [5, 5.41) is 7.75. The summed E-state index contributed by atoms with van der Waals surface area (Å²) in [7, 11) is 0. The molecular formula is C13H25N3. The third-order valence-electron chi connectivity index (χ3n) is 2.78. The van der Waals surface area contributed by atoms with Crippen LogP contribution in [0.4, 0.5) is 0 Å². The Morgan fingerprint density at radius 3 is 2.69 bits per heavy atom. The van der Waals surface area contributed by atoms with E-state index in [2.05, 4.69) is 44.3 Å². The van der Waals surface area contributed by atoms with Crippen molar-refractivity contribution in [3.63, 3.8) is 0 Å². The first kappa shape index (κ1) is 13.2. The molecule has 1 aromatic rings. The van der Waals surface area contributed by atoms with Crippen molar-refractivity contribution in [2.75, 3.05) is 6.54 Å². The fourth-order valence-corrected chi connectivity index (χ4v) is 1.81. The minimum absolute atomic E-state index is 0.593. The van der Waals surface area contributed by atoms with Crippen LogP contribution in [0.2, 0.25) is 0 Å². The molecule has 0 aromatic carbocycles. The number of nitrogens with zero attached hydrogens (tertiary/aromatic N) is 2. The Morgan fingerprint density at radius 2 is 2.12 bits per heavy atom. The molecule has 1 unspecified atom stereocenters. The summed E-state index contributed by atoms with van der Waals surface area (Å²) in [4.78, 5) is 0. The zero-order chi connectivity index (χ0) is 12.0. The minimum atomic E-state index is 0.593. The molecule has 0 spiro atoms. The molecule has 1 atom stereocenters. The van der Waals surface area contributed by atoms with Crippen LogP contribution in [0.25, 0.3) is 0 Å². The lowest BCUT2D eigenvalue weighted by Gasteiger charge is -2.12. The smallest absolute Gasteiger partial charge is 0.0521 e. The zero-order valence-electron chi connectivity index (χ0n) is 11.0. The lowest BCUT2D eigenvalue weighted by Crippen LogP contribution is -2.25. The Kier molecular flexibility index (Phi) is 5.53. The molecule has 0 fully saturated rings. The molecule has 0 saturated carbocycles. The minimum Gasteiger partial charge on any atom is -0.315 e. The maximum atomic E-state index is 4.30. The van der Waals surface area contributed by atoms with Gasteiger partial charge in [-0.1, -0.05) is 20.8 Å². The molecule has 1 rings (SSSR count). The van der Waals surface area contributed by atoms with E-state index < -0.39 is 0 Å². The van der Waals surface area contributed by atoms with Crippen LogP contribution in [0, 0.1) is 5.92 Å². The Bertz CT molecular complexity index is 291. The summed E-state index contributed by atoms with van der Waals surface area (Å²) >= 11 is 0. The molecule has 1 heterocycles. The van der Waals surface area contributed by atoms with Gasteiger partial charge in [-0.3, -0.25) is 4.68 Å².